The Hall–Kier alpha value is -1.95. The second-order valence-corrected chi connectivity index (χ2v) is 2.73. The van der Waals surface area contributed by atoms with Crippen molar-refractivity contribution in [3.05, 3.63) is 33.9 Å². The Kier molecular flexibility index (Phi) is 3.35. The molecule has 0 heterocycles. The van der Waals surface area contributed by atoms with Gasteiger partial charge in [-0.1, -0.05) is 0 Å². The molecule has 0 aliphatic carbocycles. The van der Waals surface area contributed by atoms with Crippen molar-refractivity contribution in [1.29, 1.82) is 0 Å². The van der Waals surface area contributed by atoms with Crippen LogP contribution in [0.25, 0.3) is 0 Å². The van der Waals surface area contributed by atoms with Gasteiger partial charge in [-0.3, -0.25) is 14.9 Å². The number of aliphatic hydroxyl groups excluding tert-OH is 1. The zero-order valence-corrected chi connectivity index (χ0v) is 7.97. The summed E-state index contributed by atoms with van der Waals surface area (Å²) in [6, 6.07) is 3.68. The van der Waals surface area contributed by atoms with Crippen LogP contribution in [0.3, 0.4) is 0 Å². The first-order valence-corrected chi connectivity index (χ1v) is 4.06. The topological polar surface area (TPSA) is 89.7 Å². The van der Waals surface area contributed by atoms with Crippen LogP contribution in [-0.4, -0.2) is 29.5 Å². The van der Waals surface area contributed by atoms with Gasteiger partial charge in [0.1, 0.15) is 6.61 Å². The van der Waals surface area contributed by atoms with E-state index < -0.39 is 17.3 Å². The summed E-state index contributed by atoms with van der Waals surface area (Å²) in [6.45, 7) is -0.638. The molecule has 6 nitrogen and oxygen atoms in total. The molecular formula is C9H9NO5. The van der Waals surface area contributed by atoms with Crippen LogP contribution >= 0.6 is 0 Å². The maximum atomic E-state index is 11.1. The van der Waals surface area contributed by atoms with Crippen LogP contribution in [0.15, 0.2) is 18.2 Å². The van der Waals surface area contributed by atoms with Crippen LogP contribution in [0.2, 0.25) is 0 Å². The second kappa shape index (κ2) is 4.52. The highest BCUT2D eigenvalue weighted by molar-refractivity contribution is 5.97. The van der Waals surface area contributed by atoms with E-state index in [1.54, 1.807) is 0 Å². The van der Waals surface area contributed by atoms with Gasteiger partial charge in [0.2, 0.25) is 0 Å². The second-order valence-electron chi connectivity index (χ2n) is 2.73. The van der Waals surface area contributed by atoms with Crippen molar-refractivity contribution in [2.75, 3.05) is 13.7 Å². The molecule has 1 rings (SSSR count). The third kappa shape index (κ3) is 2.29. The lowest BCUT2D eigenvalue weighted by atomic mass is 10.1. The monoisotopic (exact) mass is 211 g/mol. The number of aliphatic hydroxyl groups is 1. The minimum atomic E-state index is -0.638. The van der Waals surface area contributed by atoms with Crippen molar-refractivity contribution in [2.45, 2.75) is 0 Å². The molecule has 0 aliphatic heterocycles. The highest BCUT2D eigenvalue weighted by Crippen LogP contribution is 2.27. The Morgan fingerprint density at radius 1 is 1.60 bits per heavy atom. The molecule has 6 heteroatoms. The van der Waals surface area contributed by atoms with Crippen LogP contribution in [0.1, 0.15) is 10.4 Å². The molecule has 0 saturated carbocycles. The first-order chi connectivity index (χ1) is 7.10. The number of benzene rings is 1. The fourth-order valence-electron chi connectivity index (χ4n) is 1.09. The van der Waals surface area contributed by atoms with E-state index in [9.17, 15) is 14.9 Å². The summed E-state index contributed by atoms with van der Waals surface area (Å²) >= 11 is 0. The highest BCUT2D eigenvalue weighted by Gasteiger charge is 2.16. The van der Waals surface area contributed by atoms with Crippen molar-refractivity contribution < 1.29 is 19.6 Å². The molecule has 80 valence electrons. The van der Waals surface area contributed by atoms with Gasteiger partial charge in [-0.25, -0.2) is 0 Å². The van der Waals surface area contributed by atoms with E-state index in [1.165, 1.54) is 25.3 Å². The lowest BCUT2D eigenvalue weighted by Gasteiger charge is -2.03. The minimum Gasteiger partial charge on any atom is -0.490 e. The van der Waals surface area contributed by atoms with E-state index in [0.717, 1.165) is 0 Å². The smallest absolute Gasteiger partial charge is 0.310 e. The fraction of sp³-hybridized carbons (Fsp3) is 0.222. The molecule has 1 N–H and O–H groups in total. The molecule has 0 bridgehead atoms. The van der Waals surface area contributed by atoms with Gasteiger partial charge >= 0.3 is 5.69 Å². The van der Waals surface area contributed by atoms with E-state index in [0.29, 0.717) is 0 Å². The van der Waals surface area contributed by atoms with Crippen molar-refractivity contribution in [2.24, 2.45) is 0 Å². The number of hydrogen-bond acceptors (Lipinski definition) is 5. The maximum absolute atomic E-state index is 11.1. The zero-order valence-electron chi connectivity index (χ0n) is 7.97. The largest absolute Gasteiger partial charge is 0.490 e. The molecule has 0 atom stereocenters. The van der Waals surface area contributed by atoms with Crippen molar-refractivity contribution in [3.8, 4) is 5.75 Å². The summed E-state index contributed by atoms with van der Waals surface area (Å²) in [5.41, 5.74) is -0.0352. The number of ether oxygens (including phenoxy) is 1. The summed E-state index contributed by atoms with van der Waals surface area (Å²) in [6.07, 6.45) is 0. The molecule has 0 fully saturated rings. The van der Waals surface area contributed by atoms with E-state index in [-0.39, 0.29) is 17.0 Å². The Morgan fingerprint density at radius 3 is 2.73 bits per heavy atom. The number of nitro benzene ring substituents is 1. The third-order valence-corrected chi connectivity index (χ3v) is 1.84. The van der Waals surface area contributed by atoms with Crippen LogP contribution < -0.4 is 4.74 Å². The molecule has 0 aromatic heterocycles. The predicted molar refractivity (Wildman–Crippen MR) is 51.1 cm³/mol. The molecular weight excluding hydrogens is 202 g/mol. The van der Waals surface area contributed by atoms with Crippen LogP contribution in [-0.2, 0) is 0 Å². The first-order valence-electron chi connectivity index (χ1n) is 4.06. The molecule has 0 spiro atoms. The average Bonchev–Trinajstić information content (AvgIpc) is 2.26. The number of nitro groups is 1. The third-order valence-electron chi connectivity index (χ3n) is 1.84. The highest BCUT2D eigenvalue weighted by atomic mass is 16.6. The Bertz CT molecular complexity index is 401. The summed E-state index contributed by atoms with van der Waals surface area (Å²) in [5, 5.41) is 19.1. The van der Waals surface area contributed by atoms with Gasteiger partial charge < -0.3 is 9.84 Å². The number of methoxy groups -OCH3 is 1. The number of ketones is 1. The summed E-state index contributed by atoms with van der Waals surface area (Å²) in [4.78, 5) is 21.0. The van der Waals surface area contributed by atoms with Crippen molar-refractivity contribution in [1.82, 2.24) is 0 Å². The minimum absolute atomic E-state index is 0.000648. The van der Waals surface area contributed by atoms with Gasteiger partial charge in [-0.05, 0) is 12.1 Å². The average molecular weight is 211 g/mol. The van der Waals surface area contributed by atoms with E-state index in [4.69, 9.17) is 9.84 Å². The molecule has 0 aliphatic rings. The molecule has 0 unspecified atom stereocenters. The first kappa shape index (κ1) is 11.1. The Morgan fingerprint density at radius 2 is 2.27 bits per heavy atom. The van der Waals surface area contributed by atoms with Gasteiger partial charge in [0.05, 0.1) is 12.0 Å². The van der Waals surface area contributed by atoms with Gasteiger partial charge in [0.25, 0.3) is 0 Å². The summed E-state index contributed by atoms with van der Waals surface area (Å²) in [7, 11) is 1.27. The predicted octanol–water partition coefficient (Wildman–Crippen LogP) is 0.778. The molecule has 0 saturated heterocycles. The molecule has 0 radical (unpaired) electrons. The van der Waals surface area contributed by atoms with Crippen molar-refractivity contribution in [3.63, 3.8) is 0 Å². The van der Waals surface area contributed by atoms with Gasteiger partial charge in [-0.15, -0.1) is 0 Å². The molecule has 15 heavy (non-hydrogen) atoms. The number of hydrogen-bond donors (Lipinski definition) is 1. The van der Waals surface area contributed by atoms with Crippen LogP contribution in [0.5, 0.6) is 5.75 Å². The summed E-state index contributed by atoms with van der Waals surface area (Å²) < 4.78 is 4.77. The zero-order chi connectivity index (χ0) is 11.4. The van der Waals surface area contributed by atoms with E-state index >= 15 is 0 Å². The fourth-order valence-corrected chi connectivity index (χ4v) is 1.09. The number of carbonyl (C=O) groups is 1. The van der Waals surface area contributed by atoms with Gasteiger partial charge in [0.15, 0.2) is 11.5 Å². The van der Waals surface area contributed by atoms with Crippen LogP contribution in [0.4, 0.5) is 5.69 Å². The SMILES string of the molecule is COc1cc(C(=O)CO)ccc1[N+](=O)[O-]. The Balaban J connectivity index is 3.19. The van der Waals surface area contributed by atoms with Crippen LogP contribution in [0, 0.1) is 10.1 Å². The Labute approximate surface area is 85.2 Å². The molecule has 1 aromatic rings. The lowest BCUT2D eigenvalue weighted by molar-refractivity contribution is -0.385. The molecule has 0 amide bonds. The van der Waals surface area contributed by atoms with Gasteiger partial charge in [0, 0.05) is 11.6 Å². The van der Waals surface area contributed by atoms with E-state index in [2.05, 4.69) is 0 Å². The maximum Gasteiger partial charge on any atom is 0.310 e. The molecule has 1 aromatic carbocycles. The standard InChI is InChI=1S/C9H9NO5/c1-15-9-4-6(8(12)5-11)2-3-7(9)10(13)14/h2-4,11H,5H2,1H3. The van der Waals surface area contributed by atoms with E-state index in [1.807, 2.05) is 0 Å². The van der Waals surface area contributed by atoms with Gasteiger partial charge in [-0.2, -0.15) is 0 Å². The lowest BCUT2D eigenvalue weighted by Crippen LogP contribution is -2.05. The van der Waals surface area contributed by atoms with Crippen molar-refractivity contribution >= 4 is 11.5 Å². The normalized spacial score (nSPS) is 9.73. The number of carbonyl (C=O) groups excluding carboxylic acids is 1. The number of nitrogens with zero attached hydrogens (tertiary/aromatic N) is 1. The number of rotatable bonds is 4. The quantitative estimate of drug-likeness (QED) is 0.451. The number of Topliss-reactive ketones (excluding diaryl/α,β-unsaturated/α-hetero) is 1. The summed E-state index contributed by atoms with van der Waals surface area (Å²) in [5.74, 6) is -0.512.